The molecule has 0 aromatic heterocycles. The maximum atomic E-state index is 14.1. The van der Waals surface area contributed by atoms with Crippen LogP contribution in [0, 0.1) is 12.8 Å². The second-order valence-electron chi connectivity index (χ2n) is 10.1. The summed E-state index contributed by atoms with van der Waals surface area (Å²) in [6.45, 7) is 7.50. The highest BCUT2D eigenvalue weighted by Crippen LogP contribution is 2.27. The van der Waals surface area contributed by atoms with Crippen LogP contribution in [0.5, 0.6) is 0 Å². The number of aryl methyl sites for hydroxylation is 1. The standard InChI is InChI=1S/C30H34Cl3N3O4S/c1-5-28(30(38)34-17-20(2)3)35(18-22-9-14-26(32)27(33)16-22)29(37)19-36(24-8-6-7-21(4)15-24)41(39,40)25-12-10-23(31)11-13-25/h6-16,20,28H,5,17-19H2,1-4H3,(H,34,38)/t28-/m0/s1. The predicted octanol–water partition coefficient (Wildman–Crippen LogP) is 6.73. The number of benzene rings is 3. The Kier molecular flexibility index (Phi) is 11.5. The number of nitrogens with zero attached hydrogens (tertiary/aromatic N) is 2. The summed E-state index contributed by atoms with van der Waals surface area (Å²) in [6, 6.07) is 16.7. The minimum absolute atomic E-state index is 0.0195. The van der Waals surface area contributed by atoms with Crippen molar-refractivity contribution in [1.29, 1.82) is 0 Å². The van der Waals surface area contributed by atoms with Crippen molar-refractivity contribution >= 4 is 62.3 Å². The van der Waals surface area contributed by atoms with Gasteiger partial charge in [0, 0.05) is 18.1 Å². The quantitative estimate of drug-likeness (QED) is 0.238. The van der Waals surface area contributed by atoms with E-state index in [0.29, 0.717) is 39.3 Å². The molecule has 3 rings (SSSR count). The number of anilines is 1. The van der Waals surface area contributed by atoms with Crippen molar-refractivity contribution in [2.45, 2.75) is 51.6 Å². The van der Waals surface area contributed by atoms with Crippen molar-refractivity contribution in [1.82, 2.24) is 10.2 Å². The van der Waals surface area contributed by atoms with Gasteiger partial charge in [-0.15, -0.1) is 0 Å². The lowest BCUT2D eigenvalue weighted by molar-refractivity contribution is -0.140. The zero-order valence-electron chi connectivity index (χ0n) is 23.4. The lowest BCUT2D eigenvalue weighted by Gasteiger charge is -2.33. The molecular weight excluding hydrogens is 605 g/mol. The minimum atomic E-state index is -4.19. The molecule has 3 aromatic rings. The van der Waals surface area contributed by atoms with E-state index in [1.165, 1.54) is 29.2 Å². The van der Waals surface area contributed by atoms with E-state index < -0.39 is 28.5 Å². The van der Waals surface area contributed by atoms with Gasteiger partial charge in [-0.1, -0.05) is 73.8 Å². The van der Waals surface area contributed by atoms with Crippen molar-refractivity contribution in [3.63, 3.8) is 0 Å². The van der Waals surface area contributed by atoms with Crippen LogP contribution in [0.4, 0.5) is 5.69 Å². The van der Waals surface area contributed by atoms with E-state index in [4.69, 9.17) is 34.8 Å². The first kappa shape index (κ1) is 32.7. The Bertz CT molecular complexity index is 1480. The van der Waals surface area contributed by atoms with Crippen molar-refractivity contribution in [2.75, 3.05) is 17.4 Å². The second-order valence-corrected chi connectivity index (χ2v) is 13.3. The van der Waals surface area contributed by atoms with Gasteiger partial charge in [0.25, 0.3) is 10.0 Å². The highest BCUT2D eigenvalue weighted by molar-refractivity contribution is 7.92. The van der Waals surface area contributed by atoms with E-state index in [2.05, 4.69) is 5.32 Å². The molecule has 2 amide bonds. The molecule has 0 unspecified atom stereocenters. The van der Waals surface area contributed by atoms with Crippen LogP contribution >= 0.6 is 34.8 Å². The molecule has 7 nitrogen and oxygen atoms in total. The van der Waals surface area contributed by atoms with Crippen molar-refractivity contribution in [2.24, 2.45) is 5.92 Å². The molecule has 1 atom stereocenters. The number of amides is 2. The number of halogens is 3. The molecule has 11 heteroatoms. The third kappa shape index (κ3) is 8.61. The molecule has 220 valence electrons. The fraction of sp³-hybridized carbons (Fsp3) is 0.333. The van der Waals surface area contributed by atoms with E-state index >= 15 is 0 Å². The predicted molar refractivity (Wildman–Crippen MR) is 166 cm³/mol. The van der Waals surface area contributed by atoms with Gasteiger partial charge in [-0.05, 0) is 78.9 Å². The van der Waals surface area contributed by atoms with Crippen LogP contribution in [0.15, 0.2) is 71.6 Å². The van der Waals surface area contributed by atoms with Gasteiger partial charge in [-0.3, -0.25) is 13.9 Å². The Balaban J connectivity index is 2.06. The Hall–Kier alpha value is -2.78. The lowest BCUT2D eigenvalue weighted by Crippen LogP contribution is -2.52. The lowest BCUT2D eigenvalue weighted by atomic mass is 10.1. The third-order valence-electron chi connectivity index (χ3n) is 6.38. The zero-order valence-corrected chi connectivity index (χ0v) is 26.5. The molecule has 41 heavy (non-hydrogen) atoms. The van der Waals surface area contributed by atoms with Gasteiger partial charge in [0.1, 0.15) is 12.6 Å². The molecule has 0 radical (unpaired) electrons. The topological polar surface area (TPSA) is 86.8 Å². The molecule has 1 N–H and O–H groups in total. The highest BCUT2D eigenvalue weighted by Gasteiger charge is 2.33. The average molecular weight is 639 g/mol. The summed E-state index contributed by atoms with van der Waals surface area (Å²) < 4.78 is 28.9. The molecular formula is C30H34Cl3N3O4S. The summed E-state index contributed by atoms with van der Waals surface area (Å²) in [7, 11) is -4.19. The van der Waals surface area contributed by atoms with E-state index in [0.717, 1.165) is 9.87 Å². The largest absolute Gasteiger partial charge is 0.354 e. The number of rotatable bonds is 12. The van der Waals surface area contributed by atoms with Crippen LogP contribution in [0.25, 0.3) is 0 Å². The fourth-order valence-electron chi connectivity index (χ4n) is 4.22. The van der Waals surface area contributed by atoms with Gasteiger partial charge in [0.05, 0.1) is 20.6 Å². The van der Waals surface area contributed by atoms with Crippen LogP contribution in [0.2, 0.25) is 15.1 Å². The maximum absolute atomic E-state index is 14.1. The molecule has 0 saturated heterocycles. The summed E-state index contributed by atoms with van der Waals surface area (Å²) in [5, 5.41) is 3.95. The molecule has 0 bridgehead atoms. The zero-order chi connectivity index (χ0) is 30.3. The Morgan fingerprint density at radius 1 is 0.927 bits per heavy atom. The monoisotopic (exact) mass is 637 g/mol. The number of carbonyl (C=O) groups is 2. The van der Waals surface area contributed by atoms with Crippen LogP contribution < -0.4 is 9.62 Å². The van der Waals surface area contributed by atoms with Gasteiger partial charge in [0.2, 0.25) is 11.8 Å². The number of nitrogens with one attached hydrogen (secondary N) is 1. The minimum Gasteiger partial charge on any atom is -0.354 e. The molecule has 0 spiro atoms. The maximum Gasteiger partial charge on any atom is 0.264 e. The molecule has 0 aliphatic heterocycles. The van der Waals surface area contributed by atoms with Crippen LogP contribution in [0.1, 0.15) is 38.3 Å². The number of hydrogen-bond donors (Lipinski definition) is 1. The van der Waals surface area contributed by atoms with Gasteiger partial charge in [0.15, 0.2) is 0 Å². The Morgan fingerprint density at radius 2 is 1.61 bits per heavy atom. The highest BCUT2D eigenvalue weighted by atomic mass is 35.5. The average Bonchev–Trinajstić information content (AvgIpc) is 2.92. The number of hydrogen-bond acceptors (Lipinski definition) is 4. The fourth-order valence-corrected chi connectivity index (χ4v) is 6.08. The van der Waals surface area contributed by atoms with E-state index in [-0.39, 0.29) is 23.3 Å². The van der Waals surface area contributed by atoms with Gasteiger partial charge in [-0.2, -0.15) is 0 Å². The Labute approximate surface area is 257 Å². The van der Waals surface area contributed by atoms with Gasteiger partial charge >= 0.3 is 0 Å². The Morgan fingerprint density at radius 3 is 2.20 bits per heavy atom. The summed E-state index contributed by atoms with van der Waals surface area (Å²) in [6.07, 6.45) is 0.311. The summed E-state index contributed by atoms with van der Waals surface area (Å²) in [5.41, 5.74) is 1.78. The third-order valence-corrected chi connectivity index (χ3v) is 9.16. The van der Waals surface area contributed by atoms with Gasteiger partial charge < -0.3 is 10.2 Å². The van der Waals surface area contributed by atoms with Crippen LogP contribution in [-0.2, 0) is 26.2 Å². The van der Waals surface area contributed by atoms with Crippen molar-refractivity contribution < 1.29 is 18.0 Å². The molecule has 0 fully saturated rings. The van der Waals surface area contributed by atoms with Crippen molar-refractivity contribution in [3.05, 3.63) is 92.9 Å². The first-order chi connectivity index (χ1) is 19.3. The van der Waals surface area contributed by atoms with E-state index in [1.54, 1.807) is 43.3 Å². The van der Waals surface area contributed by atoms with E-state index in [1.807, 2.05) is 26.8 Å². The molecule has 0 aliphatic carbocycles. The van der Waals surface area contributed by atoms with Gasteiger partial charge in [-0.25, -0.2) is 8.42 Å². The molecule has 0 aliphatic rings. The van der Waals surface area contributed by atoms with E-state index in [9.17, 15) is 18.0 Å². The number of carbonyl (C=O) groups excluding carboxylic acids is 2. The second kappa shape index (κ2) is 14.4. The molecule has 0 heterocycles. The summed E-state index contributed by atoms with van der Waals surface area (Å²) in [5.74, 6) is -0.670. The first-order valence-corrected chi connectivity index (χ1v) is 15.8. The van der Waals surface area contributed by atoms with Crippen LogP contribution in [0.3, 0.4) is 0 Å². The smallest absolute Gasteiger partial charge is 0.264 e. The normalized spacial score (nSPS) is 12.2. The van der Waals surface area contributed by atoms with Crippen molar-refractivity contribution in [3.8, 4) is 0 Å². The SMILES string of the molecule is CC[C@@H](C(=O)NCC(C)C)N(Cc1ccc(Cl)c(Cl)c1)C(=O)CN(c1cccc(C)c1)S(=O)(=O)c1ccc(Cl)cc1. The summed E-state index contributed by atoms with van der Waals surface area (Å²) in [4.78, 5) is 28.8. The molecule has 0 saturated carbocycles. The molecule has 3 aromatic carbocycles. The number of sulfonamides is 1. The first-order valence-electron chi connectivity index (χ1n) is 13.2. The summed E-state index contributed by atoms with van der Waals surface area (Å²) >= 11 is 18.3. The van der Waals surface area contributed by atoms with Crippen LogP contribution in [-0.4, -0.2) is 44.3 Å².